The minimum absolute atomic E-state index is 0.128. The Balaban J connectivity index is 2.77. The maximum absolute atomic E-state index is 12.1. The number of benzene rings is 1. The third kappa shape index (κ3) is 7.99. The molecule has 1 aromatic rings. The number of carbonyl (C=O) groups is 1. The summed E-state index contributed by atoms with van der Waals surface area (Å²) in [6.45, 7) is 9.10. The summed E-state index contributed by atoms with van der Waals surface area (Å²) in [6.07, 6.45) is -0.532. The van der Waals surface area contributed by atoms with Crippen LogP contribution in [-0.4, -0.2) is 26.2 Å². The van der Waals surface area contributed by atoms with Gasteiger partial charge in [0.2, 0.25) is 10.0 Å². The van der Waals surface area contributed by atoms with Crippen molar-refractivity contribution >= 4 is 16.1 Å². The maximum atomic E-state index is 12.1. The highest BCUT2D eigenvalue weighted by Crippen LogP contribution is 2.13. The Hall–Kier alpha value is -1.60. The Morgan fingerprint density at radius 3 is 2.26 bits per heavy atom. The zero-order chi connectivity index (χ0) is 17.7. The van der Waals surface area contributed by atoms with E-state index in [1.165, 1.54) is 0 Å². The topological polar surface area (TPSA) is 84.5 Å². The van der Waals surface area contributed by atoms with Gasteiger partial charge in [-0.1, -0.05) is 24.3 Å². The summed E-state index contributed by atoms with van der Waals surface area (Å²) in [7, 11) is -3.42. The smallest absolute Gasteiger partial charge is 0.407 e. The molecule has 0 saturated heterocycles. The average molecular weight is 342 g/mol. The SMILES string of the molecule is CC(C)NS(=O)(=O)Cc1ccccc1CNC(=O)OC(C)(C)C. The number of sulfonamides is 1. The van der Waals surface area contributed by atoms with Crippen molar-refractivity contribution < 1.29 is 17.9 Å². The molecule has 7 heteroatoms. The molecule has 130 valence electrons. The van der Waals surface area contributed by atoms with Crippen LogP contribution in [0.3, 0.4) is 0 Å². The van der Waals surface area contributed by atoms with Crippen LogP contribution in [0.5, 0.6) is 0 Å². The Kier molecular flexibility index (Phi) is 6.58. The van der Waals surface area contributed by atoms with E-state index in [-0.39, 0.29) is 18.3 Å². The quantitative estimate of drug-likeness (QED) is 0.832. The molecule has 0 radical (unpaired) electrons. The molecule has 0 aliphatic carbocycles. The number of ether oxygens (including phenoxy) is 1. The highest BCUT2D eigenvalue weighted by molar-refractivity contribution is 7.88. The molecule has 0 atom stereocenters. The monoisotopic (exact) mass is 342 g/mol. The van der Waals surface area contributed by atoms with Crippen LogP contribution in [0, 0.1) is 0 Å². The molecule has 1 rings (SSSR count). The predicted molar refractivity (Wildman–Crippen MR) is 90.4 cm³/mol. The molecule has 0 aliphatic heterocycles. The highest BCUT2D eigenvalue weighted by atomic mass is 32.2. The lowest BCUT2D eigenvalue weighted by Crippen LogP contribution is -2.33. The zero-order valence-electron chi connectivity index (χ0n) is 14.3. The molecule has 0 fully saturated rings. The molecule has 0 aromatic heterocycles. The lowest BCUT2D eigenvalue weighted by molar-refractivity contribution is 0.0523. The normalized spacial score (nSPS) is 12.3. The Labute approximate surface area is 138 Å². The molecule has 2 N–H and O–H groups in total. The minimum Gasteiger partial charge on any atom is -0.444 e. The summed E-state index contributed by atoms with van der Waals surface area (Å²) in [4.78, 5) is 11.7. The van der Waals surface area contributed by atoms with E-state index in [0.29, 0.717) is 5.56 Å². The van der Waals surface area contributed by atoms with E-state index in [1.807, 2.05) is 0 Å². The van der Waals surface area contributed by atoms with E-state index >= 15 is 0 Å². The number of hydrogen-bond acceptors (Lipinski definition) is 4. The van der Waals surface area contributed by atoms with Gasteiger partial charge in [-0.2, -0.15) is 0 Å². The lowest BCUT2D eigenvalue weighted by atomic mass is 10.1. The predicted octanol–water partition coefficient (Wildman–Crippen LogP) is 2.54. The highest BCUT2D eigenvalue weighted by Gasteiger charge is 2.18. The van der Waals surface area contributed by atoms with E-state index in [9.17, 15) is 13.2 Å². The minimum atomic E-state index is -3.42. The first-order chi connectivity index (χ1) is 10.5. The third-order valence-electron chi connectivity index (χ3n) is 2.70. The van der Waals surface area contributed by atoms with Gasteiger partial charge in [0.25, 0.3) is 0 Å². The zero-order valence-corrected chi connectivity index (χ0v) is 15.2. The number of rotatable bonds is 6. The van der Waals surface area contributed by atoms with E-state index in [0.717, 1.165) is 5.56 Å². The van der Waals surface area contributed by atoms with Crippen molar-refractivity contribution in [1.82, 2.24) is 10.0 Å². The number of hydrogen-bond donors (Lipinski definition) is 2. The molecule has 0 bridgehead atoms. The van der Waals surface area contributed by atoms with Gasteiger partial charge in [-0.3, -0.25) is 0 Å². The van der Waals surface area contributed by atoms with Crippen LogP contribution < -0.4 is 10.0 Å². The molecule has 6 nitrogen and oxygen atoms in total. The van der Waals surface area contributed by atoms with Crippen LogP contribution in [0.4, 0.5) is 4.79 Å². The van der Waals surface area contributed by atoms with Gasteiger partial charge in [-0.05, 0) is 45.7 Å². The number of carbonyl (C=O) groups excluding carboxylic acids is 1. The van der Waals surface area contributed by atoms with Crippen molar-refractivity contribution in [1.29, 1.82) is 0 Å². The summed E-state index contributed by atoms with van der Waals surface area (Å²) in [5.41, 5.74) is 0.818. The Morgan fingerprint density at radius 2 is 1.74 bits per heavy atom. The number of amides is 1. The molecule has 1 amide bonds. The second kappa shape index (κ2) is 7.79. The van der Waals surface area contributed by atoms with Gasteiger partial charge in [0, 0.05) is 12.6 Å². The van der Waals surface area contributed by atoms with Crippen LogP contribution in [0.1, 0.15) is 45.7 Å². The van der Waals surface area contributed by atoms with Crippen molar-refractivity contribution in [2.45, 2.75) is 58.6 Å². The summed E-state index contributed by atoms with van der Waals surface area (Å²) in [5, 5.41) is 2.65. The molecule has 0 spiro atoms. The average Bonchev–Trinajstić information content (AvgIpc) is 2.33. The fourth-order valence-corrected chi connectivity index (χ4v) is 3.45. The second-order valence-corrected chi connectivity index (χ2v) is 8.41. The largest absolute Gasteiger partial charge is 0.444 e. The van der Waals surface area contributed by atoms with Crippen LogP contribution in [0.15, 0.2) is 24.3 Å². The standard InChI is InChI=1S/C16H26N2O4S/c1-12(2)18-23(20,21)11-14-9-7-6-8-13(14)10-17-15(19)22-16(3,4)5/h6-9,12,18H,10-11H2,1-5H3,(H,17,19). The van der Waals surface area contributed by atoms with Crippen molar-refractivity contribution in [3.05, 3.63) is 35.4 Å². The molecular weight excluding hydrogens is 316 g/mol. The van der Waals surface area contributed by atoms with Crippen molar-refractivity contribution in [2.24, 2.45) is 0 Å². The van der Waals surface area contributed by atoms with E-state index < -0.39 is 21.7 Å². The first-order valence-corrected chi connectivity index (χ1v) is 9.17. The van der Waals surface area contributed by atoms with Crippen molar-refractivity contribution in [3.8, 4) is 0 Å². The summed E-state index contributed by atoms with van der Waals surface area (Å²) < 4.78 is 31.9. The molecule has 0 aliphatic rings. The van der Waals surface area contributed by atoms with Gasteiger partial charge in [-0.25, -0.2) is 17.9 Å². The molecule has 0 saturated carbocycles. The maximum Gasteiger partial charge on any atom is 0.407 e. The summed E-state index contributed by atoms with van der Waals surface area (Å²) in [5.74, 6) is -0.128. The van der Waals surface area contributed by atoms with E-state index in [1.54, 1.807) is 58.9 Å². The van der Waals surface area contributed by atoms with Gasteiger partial charge in [0.15, 0.2) is 0 Å². The molecule has 23 heavy (non-hydrogen) atoms. The van der Waals surface area contributed by atoms with Crippen molar-refractivity contribution in [2.75, 3.05) is 0 Å². The lowest BCUT2D eigenvalue weighted by Gasteiger charge is -2.20. The Morgan fingerprint density at radius 1 is 1.17 bits per heavy atom. The van der Waals surface area contributed by atoms with Crippen LogP contribution >= 0.6 is 0 Å². The van der Waals surface area contributed by atoms with Gasteiger partial charge in [-0.15, -0.1) is 0 Å². The summed E-state index contributed by atoms with van der Waals surface area (Å²) >= 11 is 0. The second-order valence-electron chi connectivity index (χ2n) is 6.66. The van der Waals surface area contributed by atoms with Crippen molar-refractivity contribution in [3.63, 3.8) is 0 Å². The van der Waals surface area contributed by atoms with Gasteiger partial charge < -0.3 is 10.1 Å². The van der Waals surface area contributed by atoms with Gasteiger partial charge in [0.1, 0.15) is 5.60 Å². The molecular formula is C16H26N2O4S. The molecule has 0 unspecified atom stereocenters. The Bertz CT molecular complexity index is 634. The number of alkyl carbamates (subject to hydrolysis) is 1. The first kappa shape index (κ1) is 19.4. The van der Waals surface area contributed by atoms with E-state index in [4.69, 9.17) is 4.74 Å². The van der Waals surface area contributed by atoms with Crippen LogP contribution in [0.25, 0.3) is 0 Å². The molecule has 0 heterocycles. The summed E-state index contributed by atoms with van der Waals surface area (Å²) in [6, 6.07) is 6.95. The fraction of sp³-hybridized carbons (Fsp3) is 0.562. The van der Waals surface area contributed by atoms with E-state index in [2.05, 4.69) is 10.0 Å². The van der Waals surface area contributed by atoms with Crippen LogP contribution in [-0.2, 0) is 27.1 Å². The first-order valence-electron chi connectivity index (χ1n) is 7.52. The van der Waals surface area contributed by atoms with Gasteiger partial charge in [0.05, 0.1) is 5.75 Å². The molecule has 1 aromatic carbocycles. The van der Waals surface area contributed by atoms with Crippen LogP contribution in [0.2, 0.25) is 0 Å². The fourth-order valence-electron chi connectivity index (χ4n) is 1.96. The number of nitrogens with one attached hydrogen (secondary N) is 2. The third-order valence-corrected chi connectivity index (χ3v) is 4.22. The van der Waals surface area contributed by atoms with Gasteiger partial charge >= 0.3 is 6.09 Å².